The standard InChI is InChI=1S/C19H17N3O5S/c23-17(14-2-1-10-27-14)20-16-4-3-15(28-16)19(25)22-8-6-21(7-9-22)18(24)13-5-11-26-12-13/h1-5,10-12H,6-9H2,(H,20,23). The summed E-state index contributed by atoms with van der Waals surface area (Å²) in [6.45, 7) is 1.83. The fourth-order valence-corrected chi connectivity index (χ4v) is 3.81. The van der Waals surface area contributed by atoms with Crippen molar-refractivity contribution in [2.45, 2.75) is 0 Å². The molecule has 1 saturated heterocycles. The Hall–Kier alpha value is -3.33. The van der Waals surface area contributed by atoms with Gasteiger partial charge in [-0.15, -0.1) is 11.3 Å². The molecule has 0 atom stereocenters. The molecule has 3 aromatic heterocycles. The van der Waals surface area contributed by atoms with Gasteiger partial charge in [-0.05, 0) is 30.3 Å². The molecule has 0 aromatic carbocycles. The Morgan fingerprint density at radius 3 is 2.32 bits per heavy atom. The van der Waals surface area contributed by atoms with Crippen LogP contribution < -0.4 is 5.32 Å². The number of carbonyl (C=O) groups is 3. The molecule has 0 radical (unpaired) electrons. The van der Waals surface area contributed by atoms with Crippen LogP contribution in [0.1, 0.15) is 30.6 Å². The molecule has 0 spiro atoms. The van der Waals surface area contributed by atoms with Crippen molar-refractivity contribution in [2.24, 2.45) is 0 Å². The fourth-order valence-electron chi connectivity index (χ4n) is 2.94. The number of carbonyl (C=O) groups excluding carboxylic acids is 3. The van der Waals surface area contributed by atoms with E-state index in [1.165, 1.54) is 30.1 Å². The summed E-state index contributed by atoms with van der Waals surface area (Å²) in [5.41, 5.74) is 0.509. The largest absolute Gasteiger partial charge is 0.472 e. The van der Waals surface area contributed by atoms with Crippen molar-refractivity contribution in [3.8, 4) is 0 Å². The van der Waals surface area contributed by atoms with Gasteiger partial charge in [0, 0.05) is 26.2 Å². The molecule has 9 heteroatoms. The van der Waals surface area contributed by atoms with Gasteiger partial charge in [0.25, 0.3) is 17.7 Å². The Labute approximate surface area is 164 Å². The van der Waals surface area contributed by atoms with E-state index < -0.39 is 0 Å². The molecule has 0 bridgehead atoms. The third-order valence-electron chi connectivity index (χ3n) is 4.42. The summed E-state index contributed by atoms with van der Waals surface area (Å²) in [6, 6.07) is 8.21. The summed E-state index contributed by atoms with van der Waals surface area (Å²) >= 11 is 1.21. The zero-order chi connectivity index (χ0) is 19.5. The van der Waals surface area contributed by atoms with Crippen molar-refractivity contribution >= 4 is 34.1 Å². The number of hydrogen-bond donors (Lipinski definition) is 1. The van der Waals surface area contributed by atoms with Crippen molar-refractivity contribution in [1.29, 1.82) is 0 Å². The van der Waals surface area contributed by atoms with Gasteiger partial charge < -0.3 is 24.0 Å². The Balaban J connectivity index is 1.34. The monoisotopic (exact) mass is 399 g/mol. The number of rotatable bonds is 4. The summed E-state index contributed by atoms with van der Waals surface area (Å²) < 4.78 is 10.0. The third kappa shape index (κ3) is 3.70. The Morgan fingerprint density at radius 2 is 1.68 bits per heavy atom. The maximum atomic E-state index is 12.7. The van der Waals surface area contributed by atoms with E-state index in [2.05, 4.69) is 5.32 Å². The summed E-state index contributed by atoms with van der Waals surface area (Å²) in [6.07, 6.45) is 4.31. The van der Waals surface area contributed by atoms with E-state index in [1.807, 2.05) is 0 Å². The number of amides is 3. The van der Waals surface area contributed by atoms with Crippen LogP contribution in [-0.2, 0) is 0 Å². The van der Waals surface area contributed by atoms with E-state index >= 15 is 0 Å². The number of anilines is 1. The first-order valence-electron chi connectivity index (χ1n) is 8.67. The number of hydrogen-bond acceptors (Lipinski definition) is 6. The van der Waals surface area contributed by atoms with Crippen LogP contribution in [0.25, 0.3) is 0 Å². The van der Waals surface area contributed by atoms with Crippen LogP contribution in [0.2, 0.25) is 0 Å². The normalized spacial score (nSPS) is 14.1. The zero-order valence-electron chi connectivity index (χ0n) is 14.8. The van der Waals surface area contributed by atoms with E-state index in [-0.39, 0.29) is 23.5 Å². The first-order chi connectivity index (χ1) is 13.6. The molecule has 1 N–H and O–H groups in total. The molecule has 0 saturated carbocycles. The second-order valence-corrected chi connectivity index (χ2v) is 7.28. The van der Waals surface area contributed by atoms with E-state index in [0.29, 0.717) is 41.6 Å². The van der Waals surface area contributed by atoms with E-state index in [9.17, 15) is 14.4 Å². The number of nitrogens with one attached hydrogen (secondary N) is 1. The van der Waals surface area contributed by atoms with Crippen LogP contribution in [0.15, 0.2) is 58.0 Å². The van der Waals surface area contributed by atoms with Crippen LogP contribution in [0, 0.1) is 0 Å². The summed E-state index contributed by atoms with van der Waals surface area (Å²) in [5, 5.41) is 3.28. The SMILES string of the molecule is O=C(Nc1ccc(C(=O)N2CCN(C(=O)c3ccoc3)CC2)s1)c1ccco1. The summed E-state index contributed by atoms with van der Waals surface area (Å²) in [7, 11) is 0. The second kappa shape index (κ2) is 7.73. The van der Waals surface area contributed by atoms with Crippen molar-refractivity contribution < 1.29 is 23.2 Å². The van der Waals surface area contributed by atoms with Crippen LogP contribution in [-0.4, -0.2) is 53.7 Å². The number of furan rings is 2. The molecule has 4 rings (SSSR count). The molecule has 28 heavy (non-hydrogen) atoms. The van der Waals surface area contributed by atoms with E-state index in [0.717, 1.165) is 0 Å². The Kier molecular flexibility index (Phi) is 4.98. The highest BCUT2D eigenvalue weighted by Gasteiger charge is 2.26. The van der Waals surface area contributed by atoms with Crippen LogP contribution >= 0.6 is 11.3 Å². The van der Waals surface area contributed by atoms with Crippen molar-refractivity contribution in [2.75, 3.05) is 31.5 Å². The average Bonchev–Trinajstić information content (AvgIpc) is 3.49. The average molecular weight is 399 g/mol. The molecule has 0 unspecified atom stereocenters. The molecule has 1 aliphatic rings. The Morgan fingerprint density at radius 1 is 0.929 bits per heavy atom. The van der Waals surface area contributed by atoms with Gasteiger partial charge in [-0.1, -0.05) is 0 Å². The predicted molar refractivity (Wildman–Crippen MR) is 101 cm³/mol. The van der Waals surface area contributed by atoms with Gasteiger partial charge in [-0.25, -0.2) is 0 Å². The topological polar surface area (TPSA) is 96.0 Å². The van der Waals surface area contributed by atoms with Gasteiger partial charge in [0.1, 0.15) is 6.26 Å². The van der Waals surface area contributed by atoms with Crippen LogP contribution in [0.3, 0.4) is 0 Å². The lowest BCUT2D eigenvalue weighted by Gasteiger charge is -2.34. The summed E-state index contributed by atoms with van der Waals surface area (Å²) in [5.74, 6) is -0.365. The molecule has 144 valence electrons. The minimum Gasteiger partial charge on any atom is -0.472 e. The Bertz CT molecular complexity index is 969. The highest BCUT2D eigenvalue weighted by atomic mass is 32.1. The fraction of sp³-hybridized carbons (Fsp3) is 0.211. The van der Waals surface area contributed by atoms with Crippen molar-refractivity contribution in [3.63, 3.8) is 0 Å². The molecule has 4 heterocycles. The molecule has 0 aliphatic carbocycles. The predicted octanol–water partition coefficient (Wildman–Crippen LogP) is 2.78. The maximum absolute atomic E-state index is 12.7. The van der Waals surface area contributed by atoms with Gasteiger partial charge in [-0.2, -0.15) is 0 Å². The molecule has 3 amide bonds. The smallest absolute Gasteiger partial charge is 0.291 e. The maximum Gasteiger partial charge on any atom is 0.291 e. The summed E-state index contributed by atoms with van der Waals surface area (Å²) in [4.78, 5) is 41.0. The van der Waals surface area contributed by atoms with Gasteiger partial charge in [0.15, 0.2) is 5.76 Å². The van der Waals surface area contributed by atoms with Gasteiger partial charge in [0.05, 0.1) is 28.0 Å². The van der Waals surface area contributed by atoms with Crippen LogP contribution in [0.4, 0.5) is 5.00 Å². The minimum atomic E-state index is -0.364. The second-order valence-electron chi connectivity index (χ2n) is 6.19. The first kappa shape index (κ1) is 18.1. The van der Waals surface area contributed by atoms with E-state index in [4.69, 9.17) is 8.83 Å². The highest BCUT2D eigenvalue weighted by molar-refractivity contribution is 7.18. The third-order valence-corrected chi connectivity index (χ3v) is 5.41. The van der Waals surface area contributed by atoms with Gasteiger partial charge >= 0.3 is 0 Å². The van der Waals surface area contributed by atoms with Gasteiger partial charge in [-0.3, -0.25) is 14.4 Å². The molecular weight excluding hydrogens is 382 g/mol. The number of thiophene rings is 1. The number of nitrogens with zero attached hydrogens (tertiary/aromatic N) is 2. The quantitative estimate of drug-likeness (QED) is 0.728. The van der Waals surface area contributed by atoms with Crippen molar-refractivity contribution in [3.05, 3.63) is 65.3 Å². The first-order valence-corrected chi connectivity index (χ1v) is 9.49. The molecule has 8 nitrogen and oxygen atoms in total. The minimum absolute atomic E-state index is 0.0973. The lowest BCUT2D eigenvalue weighted by molar-refractivity contribution is 0.0537. The molecule has 3 aromatic rings. The lowest BCUT2D eigenvalue weighted by atomic mass is 10.2. The lowest BCUT2D eigenvalue weighted by Crippen LogP contribution is -2.50. The van der Waals surface area contributed by atoms with Crippen molar-refractivity contribution in [1.82, 2.24) is 9.80 Å². The molecule has 1 fully saturated rings. The highest BCUT2D eigenvalue weighted by Crippen LogP contribution is 2.24. The van der Waals surface area contributed by atoms with E-state index in [1.54, 1.807) is 40.1 Å². The number of piperazine rings is 1. The molecular formula is C19H17N3O5S. The van der Waals surface area contributed by atoms with Crippen LogP contribution in [0.5, 0.6) is 0 Å². The van der Waals surface area contributed by atoms with Gasteiger partial charge in [0.2, 0.25) is 0 Å². The molecule has 1 aliphatic heterocycles. The zero-order valence-corrected chi connectivity index (χ0v) is 15.6.